The summed E-state index contributed by atoms with van der Waals surface area (Å²) in [5.41, 5.74) is 4.75. The molecule has 25 heavy (non-hydrogen) atoms. The van der Waals surface area contributed by atoms with Crippen LogP contribution in [0.1, 0.15) is 23.6 Å². The van der Waals surface area contributed by atoms with Crippen LogP contribution in [0, 0.1) is 0 Å². The van der Waals surface area contributed by atoms with Gasteiger partial charge in [0.05, 0.1) is 12.8 Å². The highest BCUT2D eigenvalue weighted by atomic mass is 16.5. The van der Waals surface area contributed by atoms with Crippen molar-refractivity contribution < 1.29 is 4.74 Å². The van der Waals surface area contributed by atoms with Crippen molar-refractivity contribution in [3.05, 3.63) is 102 Å². The fourth-order valence-electron chi connectivity index (χ4n) is 2.51. The van der Waals surface area contributed by atoms with Crippen LogP contribution < -0.4 is 4.74 Å². The molecule has 0 saturated carbocycles. The third-order valence-corrected chi connectivity index (χ3v) is 3.88. The Labute approximate surface area is 148 Å². The molecular weight excluding hydrogens is 308 g/mol. The number of hydrogen-bond acceptors (Lipinski definition) is 3. The van der Waals surface area contributed by atoms with Gasteiger partial charge in [0.2, 0.25) is 0 Å². The quantitative estimate of drug-likeness (QED) is 0.481. The summed E-state index contributed by atoms with van der Waals surface area (Å²) in [6.07, 6.45) is 0. The highest BCUT2D eigenvalue weighted by molar-refractivity contribution is 6.13. The van der Waals surface area contributed by atoms with Gasteiger partial charge in [-0.05, 0) is 19.1 Å². The van der Waals surface area contributed by atoms with Crippen LogP contribution in [0.2, 0.25) is 0 Å². The smallest absolute Gasteiger partial charge is 0.119 e. The molecule has 0 unspecified atom stereocenters. The Hall–Kier alpha value is -3.20. The largest absolute Gasteiger partial charge is 0.497 e. The SMILES string of the molecule is COc1cccc(/C(C)=N\N=C(c2ccccc2)c2ccccc2)c1. The summed E-state index contributed by atoms with van der Waals surface area (Å²) in [4.78, 5) is 0. The maximum absolute atomic E-state index is 5.28. The van der Waals surface area contributed by atoms with Crippen LogP contribution in [0.3, 0.4) is 0 Å². The van der Waals surface area contributed by atoms with Crippen molar-refractivity contribution in [3.8, 4) is 5.75 Å². The molecule has 0 bridgehead atoms. The van der Waals surface area contributed by atoms with Crippen molar-refractivity contribution in [3.63, 3.8) is 0 Å². The van der Waals surface area contributed by atoms with E-state index in [-0.39, 0.29) is 0 Å². The molecule has 0 amide bonds. The number of ether oxygens (including phenoxy) is 1. The maximum Gasteiger partial charge on any atom is 0.119 e. The average molecular weight is 328 g/mol. The van der Waals surface area contributed by atoms with Gasteiger partial charge in [-0.25, -0.2) is 0 Å². The van der Waals surface area contributed by atoms with Gasteiger partial charge in [0, 0.05) is 16.7 Å². The molecule has 0 aliphatic carbocycles. The van der Waals surface area contributed by atoms with E-state index < -0.39 is 0 Å². The lowest BCUT2D eigenvalue weighted by Gasteiger charge is -2.06. The third-order valence-electron chi connectivity index (χ3n) is 3.88. The summed E-state index contributed by atoms with van der Waals surface area (Å²) >= 11 is 0. The van der Waals surface area contributed by atoms with Gasteiger partial charge < -0.3 is 4.74 Å². The first-order valence-electron chi connectivity index (χ1n) is 8.15. The number of nitrogens with zero attached hydrogens (tertiary/aromatic N) is 2. The van der Waals surface area contributed by atoms with Gasteiger partial charge in [0.15, 0.2) is 0 Å². The summed E-state index contributed by atoms with van der Waals surface area (Å²) in [7, 11) is 1.66. The molecule has 3 nitrogen and oxygen atoms in total. The van der Waals surface area contributed by atoms with Crippen molar-refractivity contribution in [1.82, 2.24) is 0 Å². The standard InChI is InChI=1S/C22H20N2O/c1-17(20-14-9-15-21(16-20)25-2)23-24-22(18-10-5-3-6-11-18)19-12-7-4-8-13-19/h3-16H,1-2H3/b23-17-. The molecule has 0 aliphatic heterocycles. The minimum absolute atomic E-state index is 0.808. The van der Waals surface area contributed by atoms with Gasteiger partial charge in [-0.2, -0.15) is 5.10 Å². The van der Waals surface area contributed by atoms with E-state index in [1.54, 1.807) is 7.11 Å². The minimum Gasteiger partial charge on any atom is -0.497 e. The van der Waals surface area contributed by atoms with E-state index in [0.717, 1.165) is 33.9 Å². The van der Waals surface area contributed by atoms with Crippen molar-refractivity contribution in [2.45, 2.75) is 6.92 Å². The summed E-state index contributed by atoms with van der Waals surface area (Å²) < 4.78 is 5.28. The number of benzene rings is 3. The molecule has 0 spiro atoms. The van der Waals surface area contributed by atoms with Crippen molar-refractivity contribution in [1.29, 1.82) is 0 Å². The normalized spacial score (nSPS) is 11.0. The predicted molar refractivity (Wildman–Crippen MR) is 104 cm³/mol. The second-order valence-corrected chi connectivity index (χ2v) is 5.60. The van der Waals surface area contributed by atoms with Crippen LogP contribution in [-0.2, 0) is 0 Å². The van der Waals surface area contributed by atoms with Crippen LogP contribution in [0.25, 0.3) is 0 Å². The van der Waals surface area contributed by atoms with E-state index in [1.165, 1.54) is 0 Å². The monoisotopic (exact) mass is 328 g/mol. The van der Waals surface area contributed by atoms with E-state index in [4.69, 9.17) is 4.74 Å². The lowest BCUT2D eigenvalue weighted by atomic mass is 10.0. The zero-order valence-corrected chi connectivity index (χ0v) is 14.4. The molecule has 3 aromatic rings. The Kier molecular flexibility index (Phi) is 5.37. The van der Waals surface area contributed by atoms with E-state index >= 15 is 0 Å². The van der Waals surface area contributed by atoms with Gasteiger partial charge in [-0.1, -0.05) is 72.8 Å². The highest BCUT2D eigenvalue weighted by Crippen LogP contribution is 2.15. The first-order valence-corrected chi connectivity index (χ1v) is 8.15. The summed E-state index contributed by atoms with van der Waals surface area (Å²) in [5, 5.41) is 9.03. The van der Waals surface area contributed by atoms with Gasteiger partial charge >= 0.3 is 0 Å². The zero-order chi connectivity index (χ0) is 17.5. The van der Waals surface area contributed by atoms with Gasteiger partial charge in [-0.15, -0.1) is 5.10 Å². The van der Waals surface area contributed by atoms with Crippen LogP contribution in [0.4, 0.5) is 0 Å². The van der Waals surface area contributed by atoms with E-state index in [2.05, 4.69) is 10.2 Å². The zero-order valence-electron chi connectivity index (χ0n) is 14.4. The van der Waals surface area contributed by atoms with E-state index in [0.29, 0.717) is 0 Å². The molecule has 0 heterocycles. The number of rotatable bonds is 5. The molecule has 0 aliphatic rings. The van der Waals surface area contributed by atoms with Crippen molar-refractivity contribution >= 4 is 11.4 Å². The molecule has 0 atom stereocenters. The van der Waals surface area contributed by atoms with Crippen LogP contribution >= 0.6 is 0 Å². The first-order chi connectivity index (χ1) is 12.3. The molecule has 0 saturated heterocycles. The fraction of sp³-hybridized carbons (Fsp3) is 0.0909. The fourth-order valence-corrected chi connectivity index (χ4v) is 2.51. The first kappa shape index (κ1) is 16.7. The Morgan fingerprint density at radius 1 is 0.680 bits per heavy atom. The van der Waals surface area contributed by atoms with Crippen LogP contribution in [0.15, 0.2) is 95.1 Å². The molecule has 0 N–H and O–H groups in total. The molecule has 124 valence electrons. The van der Waals surface area contributed by atoms with Crippen molar-refractivity contribution in [2.75, 3.05) is 7.11 Å². The Morgan fingerprint density at radius 3 is 1.80 bits per heavy atom. The predicted octanol–water partition coefficient (Wildman–Crippen LogP) is 4.96. The maximum atomic E-state index is 5.28. The number of methoxy groups -OCH3 is 1. The lowest BCUT2D eigenvalue weighted by Crippen LogP contribution is -2.03. The van der Waals surface area contributed by atoms with Crippen molar-refractivity contribution in [2.24, 2.45) is 10.2 Å². The Bertz CT molecular complexity index is 843. The molecular formula is C22H20N2O. The summed E-state index contributed by atoms with van der Waals surface area (Å²) in [5.74, 6) is 0.808. The van der Waals surface area contributed by atoms with Gasteiger partial charge in [0.25, 0.3) is 0 Å². The molecule has 0 fully saturated rings. The van der Waals surface area contributed by atoms with Gasteiger partial charge in [-0.3, -0.25) is 0 Å². The van der Waals surface area contributed by atoms with Crippen LogP contribution in [-0.4, -0.2) is 18.5 Å². The summed E-state index contributed by atoms with van der Waals surface area (Å²) in [6.45, 7) is 1.95. The van der Waals surface area contributed by atoms with E-state index in [1.807, 2.05) is 91.9 Å². The van der Waals surface area contributed by atoms with E-state index in [9.17, 15) is 0 Å². The minimum atomic E-state index is 0.808. The lowest BCUT2D eigenvalue weighted by molar-refractivity contribution is 0.414. The Morgan fingerprint density at radius 2 is 1.24 bits per heavy atom. The third kappa shape index (κ3) is 4.21. The second-order valence-electron chi connectivity index (χ2n) is 5.60. The van der Waals surface area contributed by atoms with Crippen LogP contribution in [0.5, 0.6) is 5.75 Å². The molecule has 3 heteroatoms. The second kappa shape index (κ2) is 8.06. The molecule has 0 radical (unpaired) electrons. The topological polar surface area (TPSA) is 34.0 Å². The van der Waals surface area contributed by atoms with Gasteiger partial charge in [0.1, 0.15) is 11.5 Å². The highest BCUT2D eigenvalue weighted by Gasteiger charge is 2.06. The molecule has 3 rings (SSSR count). The average Bonchev–Trinajstić information content (AvgIpc) is 2.69. The Balaban J connectivity index is 2.01. The molecule has 3 aromatic carbocycles. The number of hydrogen-bond donors (Lipinski definition) is 0. The molecule has 0 aromatic heterocycles. The summed E-state index contributed by atoms with van der Waals surface area (Å²) in [6, 6.07) is 28.0.